The standard InChI is InChI=1S/C46H50N10O6S2/c1-28-40(63-27-50-28)31-10-8-29(9-11-31)24-49-43(58)35-7-6-15-54(35)44(59)41(46(2,3)4)53-38(57)26-61-18-17-60-19-20-62-32-12-13-34-36(22-32)64-45-51-33(25-56(34)45)39-42(48-5)55-16-14-30(23-47)21-37(55)52-39/h8-14,16,21-22,25,27,35,41,48H,6-7,15,17-20,24,26H2,1-5H3,(H,49,58)(H,53,57)/t35-,41+/m0/s1. The summed E-state index contributed by atoms with van der Waals surface area (Å²) >= 11 is 3.14. The van der Waals surface area contributed by atoms with Gasteiger partial charge in [0.15, 0.2) is 4.96 Å². The molecule has 0 bridgehead atoms. The number of amides is 3. The lowest BCUT2D eigenvalue weighted by Crippen LogP contribution is -2.58. The molecule has 3 amide bonds. The molecule has 5 aromatic heterocycles. The van der Waals surface area contributed by atoms with Gasteiger partial charge in [0.25, 0.3) is 0 Å². The van der Waals surface area contributed by atoms with Gasteiger partial charge in [0.1, 0.15) is 53.9 Å². The van der Waals surface area contributed by atoms with Gasteiger partial charge >= 0.3 is 0 Å². The SMILES string of the molecule is CNc1c(-c2cn3c(n2)sc2cc(OCCOCCOCC(=O)N[C@H](C(=O)N4CCC[C@H]4C(=O)NCc4ccc(-c5scnc5C)cc4)C(C)(C)C)ccc23)nc2cc(C#N)ccn12. The van der Waals surface area contributed by atoms with Crippen molar-refractivity contribution < 1.29 is 28.6 Å². The van der Waals surface area contributed by atoms with Crippen LogP contribution in [0, 0.1) is 23.7 Å². The number of imidazole rings is 2. The summed E-state index contributed by atoms with van der Waals surface area (Å²) < 4.78 is 22.2. The van der Waals surface area contributed by atoms with Crippen LogP contribution in [-0.4, -0.2) is 105 Å². The molecular formula is C46H50N10O6S2. The predicted octanol–water partition coefficient (Wildman–Crippen LogP) is 6.46. The van der Waals surface area contributed by atoms with Crippen molar-refractivity contribution in [3.05, 3.63) is 89.3 Å². The van der Waals surface area contributed by atoms with E-state index in [2.05, 4.69) is 27.0 Å². The fourth-order valence-electron chi connectivity index (χ4n) is 7.80. The second kappa shape index (κ2) is 19.2. The van der Waals surface area contributed by atoms with E-state index in [-0.39, 0.29) is 31.6 Å². The first-order chi connectivity index (χ1) is 30.9. The van der Waals surface area contributed by atoms with Crippen molar-refractivity contribution in [1.82, 2.24) is 39.3 Å². The van der Waals surface area contributed by atoms with E-state index in [0.717, 1.165) is 48.4 Å². The number of hydrogen-bond acceptors (Lipinski definition) is 13. The zero-order valence-electron chi connectivity index (χ0n) is 36.3. The van der Waals surface area contributed by atoms with E-state index in [9.17, 15) is 19.6 Å². The van der Waals surface area contributed by atoms with Crippen LogP contribution in [0.1, 0.15) is 50.4 Å². The summed E-state index contributed by atoms with van der Waals surface area (Å²) in [5.74, 6) is 0.573. The molecule has 1 aliphatic heterocycles. The molecule has 0 radical (unpaired) electrons. The Hall–Kier alpha value is -6.39. The number of carbonyl (C=O) groups excluding carboxylic acids is 3. The Morgan fingerprint density at radius 2 is 1.80 bits per heavy atom. The first-order valence-electron chi connectivity index (χ1n) is 21.1. The molecule has 3 N–H and O–H groups in total. The smallest absolute Gasteiger partial charge is 0.246 e. The van der Waals surface area contributed by atoms with Crippen LogP contribution in [0.15, 0.2) is 72.5 Å². The summed E-state index contributed by atoms with van der Waals surface area (Å²) in [5.41, 5.74) is 7.85. The molecule has 332 valence electrons. The number of anilines is 1. The summed E-state index contributed by atoms with van der Waals surface area (Å²) in [5, 5.41) is 18.4. The molecule has 2 aromatic carbocycles. The van der Waals surface area contributed by atoms with Gasteiger partial charge in [0.2, 0.25) is 17.7 Å². The van der Waals surface area contributed by atoms with E-state index in [1.807, 2.05) is 104 Å². The van der Waals surface area contributed by atoms with E-state index >= 15 is 0 Å². The van der Waals surface area contributed by atoms with E-state index < -0.39 is 23.4 Å². The van der Waals surface area contributed by atoms with Crippen LogP contribution < -0.4 is 20.7 Å². The van der Waals surface area contributed by atoms with Gasteiger partial charge in [-0.3, -0.25) is 23.2 Å². The number of nitriles is 1. The number of likely N-dealkylation sites (tertiary alicyclic amines) is 1. The monoisotopic (exact) mass is 902 g/mol. The molecule has 1 saturated heterocycles. The average Bonchev–Trinajstić information content (AvgIpc) is 4.13. The van der Waals surface area contributed by atoms with Crippen LogP contribution in [0.4, 0.5) is 5.82 Å². The van der Waals surface area contributed by atoms with Gasteiger partial charge in [-0.05, 0) is 66.6 Å². The van der Waals surface area contributed by atoms with Crippen LogP contribution in [0.5, 0.6) is 5.75 Å². The minimum atomic E-state index is -0.848. The molecule has 8 rings (SSSR count). The Labute approximate surface area is 378 Å². The third-order valence-electron chi connectivity index (χ3n) is 11.1. The number of rotatable bonds is 17. The molecule has 2 atom stereocenters. The lowest BCUT2D eigenvalue weighted by Gasteiger charge is -2.35. The number of pyridine rings is 1. The van der Waals surface area contributed by atoms with Gasteiger partial charge in [-0.2, -0.15) is 5.26 Å². The summed E-state index contributed by atoms with van der Waals surface area (Å²) in [4.78, 5) is 57.8. The van der Waals surface area contributed by atoms with E-state index in [1.165, 1.54) is 0 Å². The molecular weight excluding hydrogens is 853 g/mol. The summed E-state index contributed by atoms with van der Waals surface area (Å²) in [6.45, 7) is 9.26. The van der Waals surface area contributed by atoms with Crippen molar-refractivity contribution in [2.75, 3.05) is 51.9 Å². The lowest BCUT2D eigenvalue weighted by molar-refractivity contribution is -0.144. The molecule has 0 saturated carbocycles. The number of aromatic nitrogens is 5. The second-order valence-corrected chi connectivity index (χ2v) is 18.4. The van der Waals surface area contributed by atoms with Gasteiger partial charge in [-0.25, -0.2) is 15.0 Å². The number of fused-ring (bicyclic) bond motifs is 4. The van der Waals surface area contributed by atoms with Crippen LogP contribution in [0.2, 0.25) is 0 Å². The van der Waals surface area contributed by atoms with E-state index in [1.54, 1.807) is 39.7 Å². The molecule has 7 aromatic rings. The van der Waals surface area contributed by atoms with Crippen molar-refractivity contribution in [2.45, 2.75) is 59.2 Å². The first kappa shape index (κ1) is 44.2. The minimum absolute atomic E-state index is 0.179. The van der Waals surface area contributed by atoms with Crippen LogP contribution in [0.3, 0.4) is 0 Å². The fourth-order valence-corrected chi connectivity index (χ4v) is 9.65. The third kappa shape index (κ3) is 9.57. The first-order valence-corrected chi connectivity index (χ1v) is 22.8. The molecule has 18 heteroatoms. The second-order valence-electron chi connectivity index (χ2n) is 16.6. The number of benzene rings is 2. The molecule has 1 aliphatic rings. The number of nitrogens with one attached hydrogen (secondary N) is 3. The summed E-state index contributed by atoms with van der Waals surface area (Å²) in [7, 11) is 1.83. The highest BCUT2D eigenvalue weighted by Gasteiger charge is 2.41. The minimum Gasteiger partial charge on any atom is -0.491 e. The highest BCUT2D eigenvalue weighted by Crippen LogP contribution is 2.35. The quantitative estimate of drug-likeness (QED) is 0.0851. The molecule has 0 unspecified atom stereocenters. The maximum atomic E-state index is 13.9. The molecule has 0 aliphatic carbocycles. The van der Waals surface area contributed by atoms with Crippen molar-refractivity contribution in [1.29, 1.82) is 5.26 Å². The summed E-state index contributed by atoms with van der Waals surface area (Å²) in [6, 6.07) is 18.1. The van der Waals surface area contributed by atoms with E-state index in [0.29, 0.717) is 61.8 Å². The van der Waals surface area contributed by atoms with Crippen molar-refractivity contribution >= 4 is 67.0 Å². The lowest BCUT2D eigenvalue weighted by atomic mass is 9.85. The Morgan fingerprint density at radius 3 is 2.55 bits per heavy atom. The van der Waals surface area contributed by atoms with Gasteiger partial charge in [0, 0.05) is 32.5 Å². The van der Waals surface area contributed by atoms with E-state index in [4.69, 9.17) is 24.2 Å². The van der Waals surface area contributed by atoms with Gasteiger partial charge in [-0.15, -0.1) is 11.3 Å². The highest BCUT2D eigenvalue weighted by atomic mass is 32.1. The van der Waals surface area contributed by atoms with Crippen molar-refractivity contribution in [2.24, 2.45) is 5.41 Å². The summed E-state index contributed by atoms with van der Waals surface area (Å²) in [6.07, 6.45) is 5.04. The molecule has 16 nitrogen and oxygen atoms in total. The van der Waals surface area contributed by atoms with Crippen LogP contribution in [0.25, 0.3) is 42.7 Å². The number of hydrogen-bond donors (Lipinski definition) is 3. The van der Waals surface area contributed by atoms with Gasteiger partial charge in [0.05, 0.1) is 57.8 Å². The Morgan fingerprint density at radius 1 is 1.00 bits per heavy atom. The zero-order chi connectivity index (χ0) is 45.0. The zero-order valence-corrected chi connectivity index (χ0v) is 38.0. The number of carbonyl (C=O) groups is 3. The highest BCUT2D eigenvalue weighted by molar-refractivity contribution is 7.23. The Bertz CT molecular complexity index is 2850. The van der Waals surface area contributed by atoms with Crippen LogP contribution >= 0.6 is 22.7 Å². The number of thiazole rings is 2. The number of aryl methyl sites for hydroxylation is 1. The maximum absolute atomic E-state index is 13.9. The molecule has 6 heterocycles. The van der Waals surface area contributed by atoms with Crippen molar-refractivity contribution in [3.63, 3.8) is 0 Å². The maximum Gasteiger partial charge on any atom is 0.246 e. The molecule has 1 fully saturated rings. The largest absolute Gasteiger partial charge is 0.491 e. The predicted molar refractivity (Wildman–Crippen MR) is 246 cm³/mol. The molecule has 64 heavy (non-hydrogen) atoms. The average molecular weight is 903 g/mol. The third-order valence-corrected chi connectivity index (χ3v) is 13.1. The topological polar surface area (TPSA) is 190 Å². The number of nitrogens with zero attached hydrogens (tertiary/aromatic N) is 7. The van der Waals surface area contributed by atoms with Gasteiger partial charge in [-0.1, -0.05) is 56.4 Å². The Balaban J connectivity index is 0.757. The molecule has 0 spiro atoms. The Kier molecular flexibility index (Phi) is 13.2. The van der Waals surface area contributed by atoms with Crippen molar-refractivity contribution in [3.8, 4) is 33.6 Å². The number of ether oxygens (including phenoxy) is 3. The van der Waals surface area contributed by atoms with Gasteiger partial charge < -0.3 is 35.1 Å². The van der Waals surface area contributed by atoms with Crippen LogP contribution in [-0.2, 0) is 30.4 Å². The fraction of sp³-hybridized carbons (Fsp3) is 0.370. The normalized spacial score (nSPS) is 14.6.